The number of nitrogens with zero attached hydrogens (tertiary/aromatic N) is 1. The van der Waals surface area contributed by atoms with E-state index in [-0.39, 0.29) is 30.0 Å². The Morgan fingerprint density at radius 3 is 2.58 bits per heavy atom. The summed E-state index contributed by atoms with van der Waals surface area (Å²) in [6.45, 7) is 2.64. The van der Waals surface area contributed by atoms with Gasteiger partial charge in [0.1, 0.15) is 11.6 Å². The van der Waals surface area contributed by atoms with Crippen LogP contribution < -0.4 is 10.6 Å². The summed E-state index contributed by atoms with van der Waals surface area (Å²) in [4.78, 5) is 4.20. The molecule has 0 aromatic heterocycles. The van der Waals surface area contributed by atoms with Crippen molar-refractivity contribution in [2.24, 2.45) is 10.9 Å². The van der Waals surface area contributed by atoms with Crippen molar-refractivity contribution in [1.29, 1.82) is 0 Å². The van der Waals surface area contributed by atoms with Gasteiger partial charge in [-0.15, -0.1) is 24.0 Å². The van der Waals surface area contributed by atoms with Crippen LogP contribution in [0.3, 0.4) is 0 Å². The zero-order valence-electron chi connectivity index (χ0n) is 14.9. The molecule has 3 rings (SSSR count). The first-order chi connectivity index (χ1) is 12.1. The predicted octanol–water partition coefficient (Wildman–Crippen LogP) is 4.61. The van der Waals surface area contributed by atoms with E-state index in [0.717, 1.165) is 19.0 Å². The van der Waals surface area contributed by atoms with E-state index in [0.29, 0.717) is 23.4 Å². The first kappa shape index (κ1) is 20.6. The molecule has 3 nitrogen and oxygen atoms in total. The van der Waals surface area contributed by atoms with Gasteiger partial charge in [-0.05, 0) is 36.8 Å². The highest BCUT2D eigenvalue weighted by Crippen LogP contribution is 2.46. The largest absolute Gasteiger partial charge is 0.356 e. The van der Waals surface area contributed by atoms with Gasteiger partial charge in [0.15, 0.2) is 5.96 Å². The highest BCUT2D eigenvalue weighted by Gasteiger charge is 2.37. The molecule has 3 atom stereocenters. The average molecular weight is 471 g/mol. The summed E-state index contributed by atoms with van der Waals surface area (Å²) >= 11 is 0. The minimum atomic E-state index is -0.573. The van der Waals surface area contributed by atoms with Gasteiger partial charge in [0.25, 0.3) is 0 Å². The number of rotatable bonds is 5. The maximum Gasteiger partial charge on any atom is 0.191 e. The van der Waals surface area contributed by atoms with Crippen molar-refractivity contribution in [3.63, 3.8) is 0 Å². The zero-order chi connectivity index (χ0) is 17.8. The molecule has 0 bridgehead atoms. The molecule has 26 heavy (non-hydrogen) atoms. The molecule has 0 spiro atoms. The normalized spacial score (nSPS) is 20.1. The van der Waals surface area contributed by atoms with Crippen LogP contribution in [0.4, 0.5) is 8.78 Å². The SMILES string of the molecule is CN=C(NCC1CC1c1ccccc1)NC(C)c1ccc(F)cc1F.I. The molecule has 2 aromatic carbocycles. The molecule has 0 heterocycles. The van der Waals surface area contributed by atoms with E-state index in [1.807, 2.05) is 13.0 Å². The Kier molecular flexibility index (Phi) is 7.37. The van der Waals surface area contributed by atoms with E-state index in [9.17, 15) is 8.78 Å². The first-order valence-electron chi connectivity index (χ1n) is 8.55. The predicted molar refractivity (Wildman–Crippen MR) is 112 cm³/mol. The van der Waals surface area contributed by atoms with Crippen LogP contribution in [0.1, 0.15) is 36.4 Å². The van der Waals surface area contributed by atoms with Crippen LogP contribution in [-0.2, 0) is 0 Å². The number of nitrogens with one attached hydrogen (secondary N) is 2. The van der Waals surface area contributed by atoms with E-state index < -0.39 is 11.6 Å². The summed E-state index contributed by atoms with van der Waals surface area (Å²) in [5.74, 6) is 0.672. The van der Waals surface area contributed by atoms with E-state index >= 15 is 0 Å². The molecule has 0 saturated heterocycles. The standard InChI is InChI=1S/C20H23F2N3.HI/c1-13(17-9-8-16(21)11-19(17)22)25-20(23-2)24-12-15-10-18(15)14-6-4-3-5-7-14;/h3-9,11,13,15,18H,10,12H2,1-2H3,(H2,23,24,25);1H. The second kappa shape index (κ2) is 9.30. The quantitative estimate of drug-likeness (QED) is 0.380. The molecule has 2 N–H and O–H groups in total. The summed E-state index contributed by atoms with van der Waals surface area (Å²) in [6.07, 6.45) is 1.16. The van der Waals surface area contributed by atoms with Gasteiger partial charge in [0, 0.05) is 25.2 Å². The number of halogens is 3. The van der Waals surface area contributed by atoms with Crippen molar-refractivity contribution >= 4 is 29.9 Å². The summed E-state index contributed by atoms with van der Waals surface area (Å²) in [5, 5.41) is 6.46. The Morgan fingerprint density at radius 1 is 1.19 bits per heavy atom. The van der Waals surface area contributed by atoms with Crippen molar-refractivity contribution in [2.75, 3.05) is 13.6 Å². The van der Waals surface area contributed by atoms with E-state index in [1.54, 1.807) is 7.05 Å². The molecular weight excluding hydrogens is 447 g/mol. The van der Waals surface area contributed by atoms with Crippen molar-refractivity contribution < 1.29 is 8.78 Å². The van der Waals surface area contributed by atoms with E-state index in [1.165, 1.54) is 17.7 Å². The molecule has 0 amide bonds. The highest BCUT2D eigenvalue weighted by atomic mass is 127. The van der Waals surface area contributed by atoms with Crippen LogP contribution in [-0.4, -0.2) is 19.6 Å². The minimum absolute atomic E-state index is 0. The van der Waals surface area contributed by atoms with Gasteiger partial charge in [-0.25, -0.2) is 8.78 Å². The maximum atomic E-state index is 13.9. The lowest BCUT2D eigenvalue weighted by molar-refractivity contribution is 0.550. The fourth-order valence-corrected chi connectivity index (χ4v) is 3.14. The molecule has 1 aliphatic carbocycles. The highest BCUT2D eigenvalue weighted by molar-refractivity contribution is 14.0. The zero-order valence-corrected chi connectivity index (χ0v) is 17.2. The van der Waals surface area contributed by atoms with Gasteiger partial charge in [-0.2, -0.15) is 0 Å². The molecular formula is C20H24F2IN3. The summed E-state index contributed by atoms with van der Waals surface area (Å²) < 4.78 is 26.9. The Balaban J connectivity index is 0.00000243. The molecule has 2 aromatic rings. The molecule has 1 saturated carbocycles. The van der Waals surface area contributed by atoms with Crippen molar-refractivity contribution in [3.8, 4) is 0 Å². The Hall–Kier alpha value is -1.70. The third-order valence-electron chi connectivity index (χ3n) is 4.69. The molecule has 140 valence electrons. The van der Waals surface area contributed by atoms with Crippen LogP contribution in [0.25, 0.3) is 0 Å². The second-order valence-electron chi connectivity index (χ2n) is 6.50. The maximum absolute atomic E-state index is 13.9. The first-order valence-corrected chi connectivity index (χ1v) is 8.55. The van der Waals surface area contributed by atoms with Crippen LogP contribution in [0, 0.1) is 17.6 Å². The van der Waals surface area contributed by atoms with Crippen LogP contribution in [0.5, 0.6) is 0 Å². The van der Waals surface area contributed by atoms with E-state index in [2.05, 4.69) is 39.9 Å². The van der Waals surface area contributed by atoms with E-state index in [4.69, 9.17) is 0 Å². The molecule has 1 aliphatic rings. The fourth-order valence-electron chi connectivity index (χ4n) is 3.14. The second-order valence-corrected chi connectivity index (χ2v) is 6.50. The van der Waals surface area contributed by atoms with Gasteiger partial charge in [-0.1, -0.05) is 36.4 Å². The van der Waals surface area contributed by atoms with Crippen LogP contribution in [0.15, 0.2) is 53.5 Å². The molecule has 3 unspecified atom stereocenters. The fraction of sp³-hybridized carbons (Fsp3) is 0.350. The van der Waals surface area contributed by atoms with Gasteiger partial charge in [0.05, 0.1) is 6.04 Å². The third-order valence-corrected chi connectivity index (χ3v) is 4.69. The lowest BCUT2D eigenvalue weighted by Gasteiger charge is -2.19. The summed E-state index contributed by atoms with van der Waals surface area (Å²) in [6, 6.07) is 13.8. The lowest BCUT2D eigenvalue weighted by atomic mass is 10.1. The molecule has 0 radical (unpaired) electrons. The van der Waals surface area contributed by atoms with Gasteiger partial charge in [-0.3, -0.25) is 4.99 Å². The van der Waals surface area contributed by atoms with Crippen molar-refractivity contribution in [3.05, 3.63) is 71.3 Å². The lowest BCUT2D eigenvalue weighted by Crippen LogP contribution is -2.40. The Bertz CT molecular complexity index is 752. The number of hydrogen-bond donors (Lipinski definition) is 2. The van der Waals surface area contributed by atoms with Gasteiger partial charge in [0.2, 0.25) is 0 Å². The molecule has 0 aliphatic heterocycles. The average Bonchev–Trinajstić information content (AvgIpc) is 3.39. The molecule has 6 heteroatoms. The summed E-state index contributed by atoms with van der Waals surface area (Å²) in [7, 11) is 1.69. The third kappa shape index (κ3) is 5.16. The Morgan fingerprint density at radius 2 is 1.92 bits per heavy atom. The van der Waals surface area contributed by atoms with Crippen molar-refractivity contribution in [2.45, 2.75) is 25.3 Å². The van der Waals surface area contributed by atoms with Crippen molar-refractivity contribution in [1.82, 2.24) is 10.6 Å². The van der Waals surface area contributed by atoms with Gasteiger partial charge >= 0.3 is 0 Å². The topological polar surface area (TPSA) is 36.4 Å². The number of hydrogen-bond acceptors (Lipinski definition) is 1. The minimum Gasteiger partial charge on any atom is -0.356 e. The Labute approximate surface area is 170 Å². The van der Waals surface area contributed by atoms with Gasteiger partial charge < -0.3 is 10.6 Å². The smallest absolute Gasteiger partial charge is 0.191 e. The summed E-state index contributed by atoms with van der Waals surface area (Å²) in [5.41, 5.74) is 1.79. The van der Waals surface area contributed by atoms with Crippen LogP contribution in [0.2, 0.25) is 0 Å². The number of guanidine groups is 1. The monoisotopic (exact) mass is 471 g/mol. The number of aliphatic imine (C=N–C) groups is 1. The number of benzene rings is 2. The van der Waals surface area contributed by atoms with Crippen LogP contribution >= 0.6 is 24.0 Å². The molecule has 1 fully saturated rings.